The van der Waals surface area contributed by atoms with E-state index in [9.17, 15) is 0 Å². The molecule has 0 unspecified atom stereocenters. The van der Waals surface area contributed by atoms with Crippen LogP contribution in [-0.2, 0) is 4.57 Å². The van der Waals surface area contributed by atoms with Crippen molar-refractivity contribution < 1.29 is 19.2 Å². The van der Waals surface area contributed by atoms with Crippen LogP contribution >= 0.6 is 7.82 Å². The molecule has 1 rings (SSSR count). The average Bonchev–Trinajstić information content (AvgIpc) is 1.98. The summed E-state index contributed by atoms with van der Waals surface area (Å²) in [5, 5.41) is 0. The molecule has 0 radical (unpaired) electrons. The summed E-state index contributed by atoms with van der Waals surface area (Å²) >= 11 is 0. The van der Waals surface area contributed by atoms with Gasteiger partial charge >= 0.3 is 0 Å². The minimum atomic E-state index is -5.39. The van der Waals surface area contributed by atoms with Crippen LogP contribution in [0.3, 0.4) is 0 Å². The Bertz CT molecular complexity index is 330. The second-order valence-electron chi connectivity index (χ2n) is 3.01. The number of hydrogen-bond donors (Lipinski definition) is 0. The second kappa shape index (κ2) is 5.32. The first-order valence-electron chi connectivity index (χ1n) is 4.12. The first-order chi connectivity index (χ1) is 6.61. The molecule has 1 aromatic heterocycles. The van der Waals surface area contributed by atoms with Gasteiger partial charge in [0.15, 0.2) is 0 Å². The molecule has 1 aromatic rings. The normalized spacial score (nSPS) is 10.6. The Hall–Kier alpha value is -0.810. The van der Waals surface area contributed by atoms with Crippen LogP contribution in [0, 0.1) is 27.7 Å². The van der Waals surface area contributed by atoms with Crippen LogP contribution in [0.15, 0.2) is 0 Å². The molecule has 7 heteroatoms. The third kappa shape index (κ3) is 7.16. The van der Waals surface area contributed by atoms with Gasteiger partial charge in [-0.05, 0) is 27.7 Å². The largest absolute Gasteiger partial charge is 0.822 e. The molecule has 0 aliphatic rings. The SMILES string of the molecule is Cc1nc(C)c(C)nc1C.O=P([O-])([O-])[O-]. The van der Waals surface area contributed by atoms with Crippen molar-refractivity contribution in [3.63, 3.8) is 0 Å². The van der Waals surface area contributed by atoms with E-state index in [2.05, 4.69) is 9.97 Å². The highest BCUT2D eigenvalue weighted by atomic mass is 31.2. The van der Waals surface area contributed by atoms with E-state index in [0.29, 0.717) is 0 Å². The van der Waals surface area contributed by atoms with Gasteiger partial charge < -0.3 is 19.2 Å². The molecular formula is C8H12N2O4P-3. The molecule has 0 spiro atoms. The van der Waals surface area contributed by atoms with Crippen molar-refractivity contribution in [2.24, 2.45) is 0 Å². The summed E-state index contributed by atoms with van der Waals surface area (Å²) in [4.78, 5) is 34.3. The van der Waals surface area contributed by atoms with Crippen LogP contribution in [0.5, 0.6) is 0 Å². The molecule has 0 saturated heterocycles. The summed E-state index contributed by atoms with van der Waals surface area (Å²) in [5.41, 5.74) is 4.12. The van der Waals surface area contributed by atoms with E-state index in [1.807, 2.05) is 27.7 Å². The van der Waals surface area contributed by atoms with Crippen molar-refractivity contribution in [1.82, 2.24) is 9.97 Å². The zero-order valence-corrected chi connectivity index (χ0v) is 9.87. The standard InChI is InChI=1S/C8H12N2.H3O4P/c1-5-6(2)10-8(4)7(3)9-5;1-5(2,3)4/h1-4H3;(H3,1,2,3,4)/p-3. The van der Waals surface area contributed by atoms with Crippen molar-refractivity contribution >= 4 is 7.82 Å². The topological polar surface area (TPSA) is 112 Å². The Labute approximate surface area is 88.3 Å². The lowest BCUT2D eigenvalue weighted by Crippen LogP contribution is -2.24. The third-order valence-electron chi connectivity index (χ3n) is 1.72. The van der Waals surface area contributed by atoms with Crippen molar-refractivity contribution in [3.05, 3.63) is 22.8 Å². The van der Waals surface area contributed by atoms with Crippen LogP contribution < -0.4 is 14.7 Å². The molecular weight excluding hydrogens is 219 g/mol. The first-order valence-corrected chi connectivity index (χ1v) is 5.59. The maximum atomic E-state index is 8.55. The summed E-state index contributed by atoms with van der Waals surface area (Å²) in [6, 6.07) is 0. The molecule has 0 aliphatic heterocycles. The van der Waals surface area contributed by atoms with E-state index >= 15 is 0 Å². The number of aryl methyl sites for hydroxylation is 4. The molecule has 0 N–H and O–H groups in total. The second-order valence-corrected chi connectivity index (χ2v) is 3.91. The number of phosphoric acid groups is 1. The van der Waals surface area contributed by atoms with Gasteiger partial charge in [-0.2, -0.15) is 7.82 Å². The zero-order valence-electron chi connectivity index (χ0n) is 8.97. The van der Waals surface area contributed by atoms with Crippen molar-refractivity contribution in [2.45, 2.75) is 27.7 Å². The maximum Gasteiger partial charge on any atom is 0.0588 e. The quantitative estimate of drug-likeness (QED) is 0.523. The van der Waals surface area contributed by atoms with Crippen molar-refractivity contribution in [3.8, 4) is 0 Å². The highest BCUT2D eigenvalue weighted by Gasteiger charge is 1.98. The summed E-state index contributed by atoms with van der Waals surface area (Å²) in [6.07, 6.45) is 0. The van der Waals surface area contributed by atoms with E-state index in [4.69, 9.17) is 19.2 Å². The third-order valence-corrected chi connectivity index (χ3v) is 1.72. The van der Waals surface area contributed by atoms with Crippen LogP contribution in [0.2, 0.25) is 0 Å². The lowest BCUT2D eigenvalue weighted by molar-refractivity contribution is -0.432. The Morgan fingerprint density at radius 2 is 0.933 bits per heavy atom. The van der Waals surface area contributed by atoms with E-state index in [0.717, 1.165) is 22.8 Å². The molecule has 0 atom stereocenters. The predicted molar refractivity (Wildman–Crippen MR) is 48.6 cm³/mol. The number of hydrogen-bond acceptors (Lipinski definition) is 6. The minimum absolute atomic E-state index is 1.03. The Morgan fingerprint density at radius 1 is 0.800 bits per heavy atom. The summed E-state index contributed by atoms with van der Waals surface area (Å²) in [6.45, 7) is 7.92. The smallest absolute Gasteiger partial charge is 0.0588 e. The number of nitrogens with zero attached hydrogens (tertiary/aromatic N) is 2. The summed E-state index contributed by atoms with van der Waals surface area (Å²) in [5.74, 6) is 0. The lowest BCUT2D eigenvalue weighted by Gasteiger charge is -2.36. The molecule has 15 heavy (non-hydrogen) atoms. The molecule has 0 amide bonds. The zero-order chi connectivity index (χ0) is 12.2. The van der Waals surface area contributed by atoms with Crippen molar-refractivity contribution in [1.29, 1.82) is 0 Å². The van der Waals surface area contributed by atoms with Crippen LogP contribution in [-0.4, -0.2) is 9.97 Å². The van der Waals surface area contributed by atoms with Gasteiger partial charge in [0.25, 0.3) is 0 Å². The molecule has 0 saturated carbocycles. The van der Waals surface area contributed by atoms with E-state index in [1.54, 1.807) is 0 Å². The molecule has 86 valence electrons. The molecule has 0 aromatic carbocycles. The Balaban J connectivity index is 0.000000336. The fraction of sp³-hybridized carbons (Fsp3) is 0.500. The van der Waals surface area contributed by atoms with Gasteiger partial charge in [0.2, 0.25) is 0 Å². The predicted octanol–water partition coefficient (Wildman–Crippen LogP) is -1.11. The number of rotatable bonds is 0. The molecule has 6 nitrogen and oxygen atoms in total. The molecule has 0 bridgehead atoms. The average molecular weight is 231 g/mol. The fourth-order valence-corrected chi connectivity index (χ4v) is 0.827. The van der Waals surface area contributed by atoms with Crippen LogP contribution in [0.4, 0.5) is 0 Å². The van der Waals surface area contributed by atoms with E-state index in [-0.39, 0.29) is 0 Å². The Morgan fingerprint density at radius 3 is 1.07 bits per heavy atom. The van der Waals surface area contributed by atoms with Gasteiger partial charge in [-0.25, -0.2) is 0 Å². The molecule has 1 heterocycles. The lowest BCUT2D eigenvalue weighted by atomic mass is 10.3. The van der Waals surface area contributed by atoms with Gasteiger partial charge in [0.05, 0.1) is 22.8 Å². The molecule has 0 fully saturated rings. The van der Waals surface area contributed by atoms with Crippen LogP contribution in [0.1, 0.15) is 22.8 Å². The van der Waals surface area contributed by atoms with Gasteiger partial charge in [0.1, 0.15) is 0 Å². The summed E-state index contributed by atoms with van der Waals surface area (Å²) in [7, 11) is -5.39. The number of aromatic nitrogens is 2. The summed E-state index contributed by atoms with van der Waals surface area (Å²) < 4.78 is 8.55. The van der Waals surface area contributed by atoms with Gasteiger partial charge in [-0.1, -0.05) is 0 Å². The highest BCUT2D eigenvalue weighted by molar-refractivity contribution is 7.40. The minimum Gasteiger partial charge on any atom is -0.822 e. The van der Waals surface area contributed by atoms with E-state index < -0.39 is 7.82 Å². The van der Waals surface area contributed by atoms with Crippen LogP contribution in [0.25, 0.3) is 0 Å². The van der Waals surface area contributed by atoms with Gasteiger partial charge in [-0.15, -0.1) is 0 Å². The van der Waals surface area contributed by atoms with Crippen molar-refractivity contribution in [2.75, 3.05) is 0 Å². The molecule has 0 aliphatic carbocycles. The van der Waals surface area contributed by atoms with Gasteiger partial charge in [-0.3, -0.25) is 9.97 Å². The van der Waals surface area contributed by atoms with Gasteiger partial charge in [0, 0.05) is 0 Å². The fourth-order valence-electron chi connectivity index (χ4n) is 0.827. The Kier molecular flexibility index (Phi) is 5.03. The monoisotopic (exact) mass is 231 g/mol. The first kappa shape index (κ1) is 14.2. The highest BCUT2D eigenvalue weighted by Crippen LogP contribution is 2.04. The maximum absolute atomic E-state index is 8.55. The van der Waals surface area contributed by atoms with E-state index in [1.165, 1.54) is 0 Å².